The molecule has 4 heteroatoms. The van der Waals surface area contributed by atoms with Crippen molar-refractivity contribution in [1.29, 1.82) is 0 Å². The van der Waals surface area contributed by atoms with Gasteiger partial charge in [-0.3, -0.25) is 4.79 Å². The van der Waals surface area contributed by atoms with Gasteiger partial charge in [-0.15, -0.1) is 6.58 Å². The van der Waals surface area contributed by atoms with Crippen molar-refractivity contribution in [2.45, 2.75) is 12.5 Å². The van der Waals surface area contributed by atoms with E-state index in [0.717, 1.165) is 5.56 Å². The number of methoxy groups -OCH3 is 2. The van der Waals surface area contributed by atoms with E-state index >= 15 is 0 Å². The molecule has 1 N–H and O–H groups in total. The molecule has 0 radical (unpaired) electrons. The van der Waals surface area contributed by atoms with E-state index < -0.39 is 0 Å². The van der Waals surface area contributed by atoms with Gasteiger partial charge in [0.1, 0.15) is 11.5 Å². The van der Waals surface area contributed by atoms with Crippen LogP contribution in [-0.4, -0.2) is 20.1 Å². The molecule has 17 heavy (non-hydrogen) atoms. The van der Waals surface area contributed by atoms with E-state index in [4.69, 9.17) is 9.47 Å². The molecule has 90 valence electrons. The fraction of sp³-hybridized carbons (Fsp3) is 0.308. The summed E-state index contributed by atoms with van der Waals surface area (Å²) >= 11 is 0. The standard InChI is InChI=1S/C13H15NO3/c1-4-5-10-12-9(13(15)14-10)6-8(16-2)7-11(12)17-3/h4,6-7,10H,1,5H2,2-3H3,(H,14,15)/t10-/m0/s1. The van der Waals surface area contributed by atoms with Crippen LogP contribution in [0.2, 0.25) is 0 Å². The zero-order valence-electron chi connectivity index (χ0n) is 9.95. The normalized spacial score (nSPS) is 17.3. The van der Waals surface area contributed by atoms with Crippen LogP contribution in [-0.2, 0) is 0 Å². The molecule has 4 nitrogen and oxygen atoms in total. The molecule has 1 heterocycles. The summed E-state index contributed by atoms with van der Waals surface area (Å²) in [6.07, 6.45) is 2.46. The fourth-order valence-corrected chi connectivity index (χ4v) is 2.09. The molecule has 0 saturated carbocycles. The van der Waals surface area contributed by atoms with Crippen LogP contribution in [0.25, 0.3) is 0 Å². The Morgan fingerprint density at radius 1 is 1.41 bits per heavy atom. The largest absolute Gasteiger partial charge is 0.497 e. The van der Waals surface area contributed by atoms with Gasteiger partial charge in [-0.2, -0.15) is 0 Å². The van der Waals surface area contributed by atoms with Crippen molar-refractivity contribution in [3.05, 3.63) is 35.9 Å². The summed E-state index contributed by atoms with van der Waals surface area (Å²) in [6.45, 7) is 3.69. The van der Waals surface area contributed by atoms with Gasteiger partial charge in [0.05, 0.1) is 25.8 Å². The zero-order chi connectivity index (χ0) is 12.4. The predicted molar refractivity (Wildman–Crippen MR) is 64.6 cm³/mol. The van der Waals surface area contributed by atoms with E-state index in [1.165, 1.54) is 0 Å². The number of amides is 1. The average Bonchev–Trinajstić information content (AvgIpc) is 2.66. The molecule has 1 aromatic carbocycles. The summed E-state index contributed by atoms with van der Waals surface area (Å²) in [5, 5.41) is 2.90. The first-order valence-corrected chi connectivity index (χ1v) is 5.39. The third kappa shape index (κ3) is 1.86. The molecule has 0 bridgehead atoms. The molecular formula is C13H15NO3. The van der Waals surface area contributed by atoms with Gasteiger partial charge in [0, 0.05) is 11.6 Å². The van der Waals surface area contributed by atoms with Crippen LogP contribution in [0.1, 0.15) is 28.4 Å². The van der Waals surface area contributed by atoms with Gasteiger partial charge < -0.3 is 14.8 Å². The number of carbonyl (C=O) groups excluding carboxylic acids is 1. The average molecular weight is 233 g/mol. The Morgan fingerprint density at radius 2 is 2.18 bits per heavy atom. The van der Waals surface area contributed by atoms with E-state index in [9.17, 15) is 4.79 Å². The van der Waals surface area contributed by atoms with Crippen LogP contribution in [0.5, 0.6) is 11.5 Å². The second-order valence-electron chi connectivity index (χ2n) is 3.84. The maximum absolute atomic E-state index is 11.8. The third-order valence-electron chi connectivity index (χ3n) is 2.87. The molecule has 0 aromatic heterocycles. The minimum atomic E-state index is -0.0935. The van der Waals surface area contributed by atoms with Crippen molar-refractivity contribution in [3.63, 3.8) is 0 Å². The number of nitrogens with one attached hydrogen (secondary N) is 1. The van der Waals surface area contributed by atoms with Crippen molar-refractivity contribution in [2.75, 3.05) is 14.2 Å². The van der Waals surface area contributed by atoms with Crippen LogP contribution in [0, 0.1) is 0 Å². The Morgan fingerprint density at radius 3 is 2.76 bits per heavy atom. The maximum Gasteiger partial charge on any atom is 0.252 e. The van der Waals surface area contributed by atoms with Crippen molar-refractivity contribution >= 4 is 5.91 Å². The number of hydrogen-bond acceptors (Lipinski definition) is 3. The van der Waals surface area contributed by atoms with Gasteiger partial charge in [0.25, 0.3) is 5.91 Å². The Balaban J connectivity index is 2.55. The number of rotatable bonds is 4. The smallest absolute Gasteiger partial charge is 0.252 e. The number of carbonyl (C=O) groups is 1. The zero-order valence-corrected chi connectivity index (χ0v) is 9.95. The first-order chi connectivity index (χ1) is 8.21. The summed E-state index contributed by atoms with van der Waals surface area (Å²) in [4.78, 5) is 11.8. The summed E-state index contributed by atoms with van der Waals surface area (Å²) in [5.74, 6) is 1.20. The second-order valence-corrected chi connectivity index (χ2v) is 3.84. The highest BCUT2D eigenvalue weighted by Gasteiger charge is 2.31. The predicted octanol–water partition coefficient (Wildman–Crippen LogP) is 2.06. The minimum Gasteiger partial charge on any atom is -0.497 e. The van der Waals surface area contributed by atoms with E-state index in [2.05, 4.69) is 11.9 Å². The number of ether oxygens (including phenoxy) is 2. The molecule has 1 amide bonds. The molecule has 1 atom stereocenters. The summed E-state index contributed by atoms with van der Waals surface area (Å²) in [7, 11) is 3.15. The number of hydrogen-bond donors (Lipinski definition) is 1. The Bertz CT molecular complexity index is 468. The molecule has 0 aliphatic carbocycles. The van der Waals surface area contributed by atoms with Gasteiger partial charge in [0.2, 0.25) is 0 Å². The second kappa shape index (κ2) is 4.49. The lowest BCUT2D eigenvalue weighted by molar-refractivity contribution is 0.0956. The molecule has 0 unspecified atom stereocenters. The highest BCUT2D eigenvalue weighted by atomic mass is 16.5. The first kappa shape index (κ1) is 11.5. The van der Waals surface area contributed by atoms with Crippen LogP contribution >= 0.6 is 0 Å². The SMILES string of the molecule is C=CC[C@@H]1NC(=O)c2cc(OC)cc(OC)c21. The first-order valence-electron chi connectivity index (χ1n) is 5.39. The molecular weight excluding hydrogens is 218 g/mol. The van der Waals surface area contributed by atoms with E-state index in [-0.39, 0.29) is 11.9 Å². The van der Waals surface area contributed by atoms with E-state index in [1.807, 2.05) is 0 Å². The van der Waals surface area contributed by atoms with Gasteiger partial charge in [0.15, 0.2) is 0 Å². The lowest BCUT2D eigenvalue weighted by atomic mass is 10.0. The van der Waals surface area contributed by atoms with Crippen molar-refractivity contribution in [1.82, 2.24) is 5.32 Å². The van der Waals surface area contributed by atoms with Crippen molar-refractivity contribution in [3.8, 4) is 11.5 Å². The van der Waals surface area contributed by atoms with Gasteiger partial charge >= 0.3 is 0 Å². The Hall–Kier alpha value is -1.97. The maximum atomic E-state index is 11.8. The molecule has 0 fully saturated rings. The molecule has 1 aliphatic heterocycles. The van der Waals surface area contributed by atoms with Gasteiger partial charge in [-0.25, -0.2) is 0 Å². The lowest BCUT2D eigenvalue weighted by Gasteiger charge is -2.13. The summed E-state index contributed by atoms with van der Waals surface area (Å²) in [6, 6.07) is 3.46. The van der Waals surface area contributed by atoms with Crippen molar-refractivity contribution < 1.29 is 14.3 Å². The topological polar surface area (TPSA) is 47.6 Å². The molecule has 2 rings (SSSR count). The van der Waals surface area contributed by atoms with Gasteiger partial charge in [-0.05, 0) is 12.5 Å². The summed E-state index contributed by atoms with van der Waals surface area (Å²) < 4.78 is 10.5. The van der Waals surface area contributed by atoms with Crippen LogP contribution in [0.4, 0.5) is 0 Å². The Kier molecular flexibility index (Phi) is 3.04. The lowest BCUT2D eigenvalue weighted by Crippen LogP contribution is -2.18. The van der Waals surface area contributed by atoms with Crippen LogP contribution in [0.15, 0.2) is 24.8 Å². The summed E-state index contributed by atoms with van der Waals surface area (Å²) in [5.41, 5.74) is 1.51. The van der Waals surface area contributed by atoms with Gasteiger partial charge in [-0.1, -0.05) is 6.08 Å². The molecule has 0 spiro atoms. The highest BCUT2D eigenvalue weighted by molar-refractivity contribution is 6.00. The van der Waals surface area contributed by atoms with Crippen molar-refractivity contribution in [2.24, 2.45) is 0 Å². The monoisotopic (exact) mass is 233 g/mol. The molecule has 1 aliphatic rings. The van der Waals surface area contributed by atoms with E-state index in [1.54, 1.807) is 32.4 Å². The number of fused-ring (bicyclic) bond motifs is 1. The quantitative estimate of drug-likeness (QED) is 0.810. The van der Waals surface area contributed by atoms with Crippen LogP contribution in [0.3, 0.4) is 0 Å². The Labute approximate surface area is 100 Å². The fourth-order valence-electron chi connectivity index (χ4n) is 2.09. The minimum absolute atomic E-state index is 0.0594. The van der Waals surface area contributed by atoms with Crippen LogP contribution < -0.4 is 14.8 Å². The molecule has 0 saturated heterocycles. The third-order valence-corrected chi connectivity index (χ3v) is 2.87. The number of benzene rings is 1. The van der Waals surface area contributed by atoms with E-state index in [0.29, 0.717) is 23.5 Å². The highest BCUT2D eigenvalue weighted by Crippen LogP contribution is 2.38. The molecule has 1 aromatic rings.